The number of pyridine rings is 1. The molecule has 0 atom stereocenters. The molecule has 0 fully saturated rings. The number of fused-ring (bicyclic) bond motifs is 2. The molecule has 70 heavy (non-hydrogen) atoms. The predicted octanol–water partition coefficient (Wildman–Crippen LogP) is 5.01. The van der Waals surface area contributed by atoms with Gasteiger partial charge < -0.3 is 35.5 Å². The van der Waals surface area contributed by atoms with Crippen molar-refractivity contribution >= 4 is 93.7 Å². The molecule has 0 unspecified atom stereocenters. The Kier molecular flexibility index (Phi) is 12.0. The highest BCUT2D eigenvalue weighted by Gasteiger charge is 2.35. The van der Waals surface area contributed by atoms with Crippen molar-refractivity contribution in [3.8, 4) is 22.9 Å². The zero-order chi connectivity index (χ0) is 50.8. The second-order valence-electron chi connectivity index (χ2n) is 15.0. The predicted molar refractivity (Wildman–Crippen MR) is 245 cm³/mol. The van der Waals surface area contributed by atoms with Crippen LogP contribution in [-0.4, -0.2) is 98.7 Å². The number of carbonyl (C=O) groups is 4. The molecular weight excluding hydrogens is 983 g/mol. The standard InChI is InChI=1S/C43H31N7O17S3/c1-3-44-41-47-42(49-43(48-41)67-22-14-20(39(54)55)13-21(15-22)40(56)57)46-28-17-27(30(69(61,62)63)18-31(28)70(64,65)66)45-26-11-12-29-34-32(24-9-4-5-10-25(24)37(52)33(26)34)35(38(53)50(29)2)36(51)19-7-6-8-23(16-19)68(58,59)60/h4-18,45H,3H2,1-2H3,(H,54,55)(H,56,57)(H,58,59,60)(H,61,62,63)(H,64,65,66)(H2,44,46,47,48,49). The Bertz CT molecular complexity index is 3870. The summed E-state index contributed by atoms with van der Waals surface area (Å²) in [6.07, 6.45) is 0. The number of carboxylic acid groups (broad SMARTS) is 2. The van der Waals surface area contributed by atoms with E-state index < -0.39 is 114 Å². The number of aryl methyl sites for hydroxylation is 1. The number of anilines is 5. The van der Waals surface area contributed by atoms with E-state index in [1.165, 1.54) is 49.5 Å². The van der Waals surface area contributed by atoms with Gasteiger partial charge in [0.15, 0.2) is 11.6 Å². The fourth-order valence-corrected chi connectivity index (χ4v) is 9.49. The SMILES string of the molecule is CCNc1nc(Nc2cc(Nc3ccc4c5c3C(=O)c3ccccc3-c5c(C(=O)c3cccc(S(=O)(=O)O)c3)c(=O)n4C)c(S(=O)(=O)O)cc2S(=O)(=O)O)nc(Oc2cc(C(=O)O)cc(C(=O)O)c2)n1. The Morgan fingerprint density at radius 1 is 0.643 bits per heavy atom. The highest BCUT2D eigenvalue weighted by molar-refractivity contribution is 7.87. The number of carbonyl (C=O) groups excluding carboxylic acids is 2. The highest BCUT2D eigenvalue weighted by atomic mass is 32.2. The smallest absolute Gasteiger partial charge is 0.335 e. The van der Waals surface area contributed by atoms with Crippen LogP contribution in [0.15, 0.2) is 110 Å². The lowest BCUT2D eigenvalue weighted by Gasteiger charge is -2.26. The molecule has 0 amide bonds. The Morgan fingerprint density at radius 2 is 1.26 bits per heavy atom. The monoisotopic (exact) mass is 1010 g/mol. The van der Waals surface area contributed by atoms with Crippen molar-refractivity contribution in [2.75, 3.05) is 22.5 Å². The molecule has 27 heteroatoms. The van der Waals surface area contributed by atoms with Crippen LogP contribution < -0.4 is 26.2 Å². The number of aromatic nitrogens is 4. The van der Waals surface area contributed by atoms with Crippen LogP contribution in [-0.2, 0) is 37.4 Å². The highest BCUT2D eigenvalue weighted by Crippen LogP contribution is 2.45. The van der Waals surface area contributed by atoms with Crippen molar-refractivity contribution < 1.29 is 73.0 Å². The van der Waals surface area contributed by atoms with E-state index in [2.05, 4.69) is 30.9 Å². The summed E-state index contributed by atoms with van der Waals surface area (Å²) in [7, 11) is -14.4. The lowest BCUT2D eigenvalue weighted by Crippen LogP contribution is -2.29. The first-order valence-corrected chi connectivity index (χ1v) is 24.1. The van der Waals surface area contributed by atoms with Crippen molar-refractivity contribution in [2.24, 2.45) is 7.05 Å². The van der Waals surface area contributed by atoms with Crippen molar-refractivity contribution in [2.45, 2.75) is 21.6 Å². The van der Waals surface area contributed by atoms with Gasteiger partial charge in [-0.3, -0.25) is 28.0 Å². The van der Waals surface area contributed by atoms with Crippen LogP contribution in [0.3, 0.4) is 0 Å². The van der Waals surface area contributed by atoms with E-state index >= 15 is 0 Å². The van der Waals surface area contributed by atoms with Gasteiger partial charge in [0, 0.05) is 35.7 Å². The molecule has 1 aliphatic carbocycles. The van der Waals surface area contributed by atoms with E-state index in [0.717, 1.165) is 47.0 Å². The van der Waals surface area contributed by atoms with Gasteiger partial charge in [-0.1, -0.05) is 36.4 Å². The van der Waals surface area contributed by atoms with Crippen LogP contribution in [0.4, 0.5) is 29.0 Å². The quantitative estimate of drug-likeness (QED) is 0.0494. The maximum absolute atomic E-state index is 14.6. The summed E-state index contributed by atoms with van der Waals surface area (Å²) in [6, 6.07) is 15.9. The second kappa shape index (κ2) is 17.6. The third-order valence-corrected chi connectivity index (χ3v) is 13.2. The Labute approximate surface area is 393 Å². The molecule has 5 aromatic carbocycles. The average molecular weight is 1010 g/mol. The molecule has 0 saturated carbocycles. The number of hydrogen-bond donors (Lipinski definition) is 8. The molecule has 7 aromatic rings. The normalized spacial score (nSPS) is 12.3. The van der Waals surface area contributed by atoms with E-state index in [-0.39, 0.29) is 62.7 Å². The summed E-state index contributed by atoms with van der Waals surface area (Å²) in [6.45, 7) is 1.80. The molecule has 24 nitrogen and oxygen atoms in total. The zero-order valence-electron chi connectivity index (χ0n) is 35.5. The van der Waals surface area contributed by atoms with Crippen LogP contribution in [0.1, 0.15) is 59.5 Å². The first-order chi connectivity index (χ1) is 32.8. The lowest BCUT2D eigenvalue weighted by molar-refractivity contribution is 0.0695. The molecular formula is C43H31N7O17S3. The summed E-state index contributed by atoms with van der Waals surface area (Å²) >= 11 is 0. The first-order valence-electron chi connectivity index (χ1n) is 19.8. The summed E-state index contributed by atoms with van der Waals surface area (Å²) in [5.41, 5.74) is -4.56. The third kappa shape index (κ3) is 9.00. The molecule has 0 aliphatic heterocycles. The molecule has 358 valence electrons. The van der Waals surface area contributed by atoms with E-state index in [9.17, 15) is 73.1 Å². The summed E-state index contributed by atoms with van der Waals surface area (Å²) in [5, 5.41) is 27.0. The van der Waals surface area contributed by atoms with Crippen LogP contribution in [0.5, 0.6) is 11.8 Å². The van der Waals surface area contributed by atoms with Gasteiger partial charge in [0.25, 0.3) is 35.9 Å². The number of carboxylic acids is 2. The number of aromatic carboxylic acids is 2. The molecule has 0 radical (unpaired) electrons. The van der Waals surface area contributed by atoms with E-state index in [1.54, 1.807) is 6.92 Å². The zero-order valence-corrected chi connectivity index (χ0v) is 38.0. The second-order valence-corrected chi connectivity index (χ2v) is 19.2. The van der Waals surface area contributed by atoms with Crippen molar-refractivity contribution in [1.82, 2.24) is 19.5 Å². The van der Waals surface area contributed by atoms with Gasteiger partial charge in [0.1, 0.15) is 15.5 Å². The third-order valence-electron chi connectivity index (χ3n) is 10.6. The number of benzene rings is 5. The van der Waals surface area contributed by atoms with Gasteiger partial charge in [0.2, 0.25) is 11.9 Å². The minimum atomic E-state index is -5.45. The fraction of sp³-hybridized carbons (Fsp3) is 0.0698. The maximum Gasteiger partial charge on any atom is 0.335 e. The molecule has 8 rings (SSSR count). The maximum atomic E-state index is 14.6. The van der Waals surface area contributed by atoms with Gasteiger partial charge in [-0.2, -0.15) is 40.2 Å². The van der Waals surface area contributed by atoms with Crippen LogP contribution in [0.2, 0.25) is 0 Å². The first kappa shape index (κ1) is 48.0. The topological polar surface area (TPSA) is 378 Å². The molecule has 0 spiro atoms. The summed E-state index contributed by atoms with van der Waals surface area (Å²) in [4.78, 5) is 75.9. The van der Waals surface area contributed by atoms with Crippen molar-refractivity contribution in [3.05, 3.63) is 135 Å². The van der Waals surface area contributed by atoms with Gasteiger partial charge >= 0.3 is 17.9 Å². The van der Waals surface area contributed by atoms with Crippen LogP contribution >= 0.6 is 0 Å². The fourth-order valence-electron chi connectivity index (χ4n) is 7.58. The minimum Gasteiger partial charge on any atom is -0.478 e. The summed E-state index contributed by atoms with van der Waals surface area (Å²) < 4.78 is 113. The van der Waals surface area contributed by atoms with Crippen LogP contribution in [0, 0.1) is 0 Å². The number of ketones is 2. The molecule has 0 bridgehead atoms. The minimum absolute atomic E-state index is 0.0376. The number of nitrogens with zero attached hydrogens (tertiary/aromatic N) is 4. The number of hydrogen-bond acceptors (Lipinski definition) is 18. The Balaban J connectivity index is 1.32. The average Bonchev–Trinajstić information content (AvgIpc) is 3.28. The number of rotatable bonds is 15. The Hall–Kier alpha value is -8.47. The van der Waals surface area contributed by atoms with E-state index in [0.29, 0.717) is 6.07 Å². The van der Waals surface area contributed by atoms with E-state index in [4.69, 9.17) is 4.74 Å². The van der Waals surface area contributed by atoms with Crippen molar-refractivity contribution in [1.29, 1.82) is 0 Å². The number of nitrogens with one attached hydrogen (secondary N) is 3. The lowest BCUT2D eigenvalue weighted by atomic mass is 9.80. The molecule has 0 saturated heterocycles. The van der Waals surface area contributed by atoms with E-state index in [1.807, 2.05) is 0 Å². The molecule has 8 N–H and O–H groups in total. The number of ether oxygens (including phenoxy) is 1. The van der Waals surface area contributed by atoms with Gasteiger partial charge in [-0.05, 0) is 67.1 Å². The molecule has 2 heterocycles. The molecule has 1 aliphatic rings. The van der Waals surface area contributed by atoms with Crippen molar-refractivity contribution in [3.63, 3.8) is 0 Å². The van der Waals surface area contributed by atoms with Crippen LogP contribution in [0.25, 0.3) is 22.0 Å². The molecule has 2 aromatic heterocycles. The Morgan fingerprint density at radius 3 is 1.86 bits per heavy atom. The van der Waals surface area contributed by atoms with Gasteiger partial charge in [-0.25, -0.2) is 9.59 Å². The van der Waals surface area contributed by atoms with Gasteiger partial charge in [0.05, 0.1) is 49.7 Å². The summed E-state index contributed by atoms with van der Waals surface area (Å²) in [5.74, 6) is -5.98. The van der Waals surface area contributed by atoms with Gasteiger partial charge in [-0.15, -0.1) is 0 Å². The largest absolute Gasteiger partial charge is 0.478 e.